The van der Waals surface area contributed by atoms with Gasteiger partial charge in [0.25, 0.3) is 5.91 Å². The summed E-state index contributed by atoms with van der Waals surface area (Å²) in [6.45, 7) is 3.01. The van der Waals surface area contributed by atoms with Crippen molar-refractivity contribution in [2.75, 3.05) is 43.6 Å². The molecule has 1 aromatic heterocycles. The number of hydrogen-bond acceptors (Lipinski definition) is 6. The van der Waals surface area contributed by atoms with Gasteiger partial charge in [0.05, 0.1) is 37.8 Å². The lowest BCUT2D eigenvalue weighted by Gasteiger charge is -2.34. The average Bonchev–Trinajstić information content (AvgIpc) is 3.29. The van der Waals surface area contributed by atoms with Crippen LogP contribution in [0.2, 0.25) is 0 Å². The van der Waals surface area contributed by atoms with Crippen LogP contribution in [-0.2, 0) is 9.53 Å². The first-order valence-corrected chi connectivity index (χ1v) is 12.2. The van der Waals surface area contributed by atoms with Crippen LogP contribution in [0.1, 0.15) is 42.5 Å². The van der Waals surface area contributed by atoms with Crippen molar-refractivity contribution in [1.82, 2.24) is 9.88 Å². The van der Waals surface area contributed by atoms with Crippen molar-refractivity contribution >= 4 is 23.3 Å². The Balaban J connectivity index is 1.35. The van der Waals surface area contributed by atoms with Gasteiger partial charge in [0.2, 0.25) is 5.91 Å². The Morgan fingerprint density at radius 3 is 2.65 bits per heavy atom. The molecule has 2 aromatic rings. The summed E-state index contributed by atoms with van der Waals surface area (Å²) in [5.41, 5.74) is 1.15. The van der Waals surface area contributed by atoms with Crippen molar-refractivity contribution in [2.24, 2.45) is 5.92 Å². The zero-order valence-corrected chi connectivity index (χ0v) is 19.6. The fourth-order valence-electron chi connectivity index (χ4n) is 5.61. The van der Waals surface area contributed by atoms with E-state index in [4.69, 9.17) is 9.47 Å². The first kappa shape index (κ1) is 22.7. The fraction of sp³-hybridized carbons (Fsp3) is 0.500. The molecule has 1 saturated carbocycles. The van der Waals surface area contributed by atoms with Crippen molar-refractivity contribution in [1.29, 1.82) is 0 Å². The highest BCUT2D eigenvalue weighted by atomic mass is 16.5. The number of nitrogens with one attached hydrogen (secondary N) is 1. The van der Waals surface area contributed by atoms with E-state index in [9.17, 15) is 9.59 Å². The van der Waals surface area contributed by atoms with E-state index in [2.05, 4.69) is 15.2 Å². The zero-order valence-electron chi connectivity index (χ0n) is 19.6. The van der Waals surface area contributed by atoms with Crippen molar-refractivity contribution in [3.63, 3.8) is 0 Å². The largest absolute Gasteiger partial charge is 0.496 e. The predicted molar refractivity (Wildman–Crippen MR) is 129 cm³/mol. The van der Waals surface area contributed by atoms with Gasteiger partial charge in [-0.25, -0.2) is 4.98 Å². The highest BCUT2D eigenvalue weighted by Gasteiger charge is 2.48. The maximum absolute atomic E-state index is 13.7. The minimum Gasteiger partial charge on any atom is -0.496 e. The summed E-state index contributed by atoms with van der Waals surface area (Å²) in [4.78, 5) is 35.7. The number of ether oxygens (including phenoxy) is 2. The molecule has 3 unspecified atom stereocenters. The van der Waals surface area contributed by atoms with Gasteiger partial charge in [-0.15, -0.1) is 0 Å². The molecule has 8 heteroatoms. The third-order valence-electron chi connectivity index (χ3n) is 7.31. The molecule has 8 nitrogen and oxygen atoms in total. The topological polar surface area (TPSA) is 84.0 Å². The number of pyridine rings is 1. The summed E-state index contributed by atoms with van der Waals surface area (Å²) in [7, 11) is 1.57. The van der Waals surface area contributed by atoms with Crippen LogP contribution in [0.5, 0.6) is 5.75 Å². The number of rotatable bonds is 5. The minimum absolute atomic E-state index is 0.0868. The number of carbonyl (C=O) groups excluding carboxylic acids is 2. The quantitative estimate of drug-likeness (QED) is 0.731. The number of para-hydroxylation sites is 1. The Hall–Kier alpha value is -3.13. The van der Waals surface area contributed by atoms with Gasteiger partial charge in [0.1, 0.15) is 17.6 Å². The molecule has 0 radical (unpaired) electrons. The van der Waals surface area contributed by atoms with Gasteiger partial charge in [-0.05, 0) is 49.4 Å². The lowest BCUT2D eigenvalue weighted by Crippen LogP contribution is -2.48. The van der Waals surface area contributed by atoms with E-state index in [1.165, 1.54) is 0 Å². The van der Waals surface area contributed by atoms with Gasteiger partial charge in [-0.3, -0.25) is 9.59 Å². The molecule has 3 fully saturated rings. The summed E-state index contributed by atoms with van der Waals surface area (Å²) >= 11 is 0. The van der Waals surface area contributed by atoms with E-state index in [1.807, 2.05) is 29.2 Å². The number of hydrogen-bond donors (Lipinski definition) is 1. The fourth-order valence-corrected chi connectivity index (χ4v) is 5.61. The van der Waals surface area contributed by atoms with Crippen molar-refractivity contribution in [3.05, 3.63) is 48.2 Å². The first-order chi connectivity index (χ1) is 16.7. The van der Waals surface area contributed by atoms with Gasteiger partial charge < -0.3 is 24.6 Å². The van der Waals surface area contributed by atoms with Gasteiger partial charge in [-0.1, -0.05) is 25.0 Å². The Morgan fingerprint density at radius 2 is 1.88 bits per heavy atom. The average molecular weight is 465 g/mol. The summed E-state index contributed by atoms with van der Waals surface area (Å²) in [5.74, 6) is 1.48. The zero-order chi connectivity index (χ0) is 23.5. The Bertz CT molecular complexity index is 1020. The number of anilines is 2. The summed E-state index contributed by atoms with van der Waals surface area (Å²) in [6.07, 6.45) is 6.61. The molecule has 1 aromatic carbocycles. The third-order valence-corrected chi connectivity index (χ3v) is 7.31. The highest BCUT2D eigenvalue weighted by Crippen LogP contribution is 2.41. The molecule has 2 aliphatic heterocycles. The standard InChI is InChI=1S/C26H32N4O4/c1-33-23-9-5-3-7-20(23)26(32)30-21-8-4-2-6-18(21)16-22(30)25(31)28-19-10-11-24(27-17-19)29-12-14-34-15-13-29/h3,5,7,9-11,17-18,21-22H,2,4,6,8,12-16H2,1H3,(H,28,31). The van der Waals surface area contributed by atoms with E-state index >= 15 is 0 Å². The van der Waals surface area contributed by atoms with Gasteiger partial charge in [-0.2, -0.15) is 0 Å². The van der Waals surface area contributed by atoms with Crippen molar-refractivity contribution in [3.8, 4) is 5.75 Å². The van der Waals surface area contributed by atoms with E-state index in [1.54, 1.807) is 25.4 Å². The summed E-state index contributed by atoms with van der Waals surface area (Å²) in [6, 6.07) is 10.6. The molecule has 2 amide bonds. The molecule has 3 aliphatic rings. The monoisotopic (exact) mass is 464 g/mol. The number of fused-ring (bicyclic) bond motifs is 1. The molecule has 180 valence electrons. The van der Waals surface area contributed by atoms with E-state index in [0.717, 1.165) is 44.6 Å². The second-order valence-electron chi connectivity index (χ2n) is 9.27. The predicted octanol–water partition coefficient (Wildman–Crippen LogP) is 3.34. The van der Waals surface area contributed by atoms with Gasteiger partial charge in [0, 0.05) is 19.1 Å². The molecule has 3 heterocycles. The summed E-state index contributed by atoms with van der Waals surface area (Å²) in [5, 5.41) is 3.02. The third kappa shape index (κ3) is 4.46. The number of methoxy groups -OCH3 is 1. The molecule has 2 saturated heterocycles. The number of amides is 2. The van der Waals surface area contributed by atoms with E-state index in [0.29, 0.717) is 42.6 Å². The van der Waals surface area contributed by atoms with Crippen LogP contribution in [0.15, 0.2) is 42.6 Å². The smallest absolute Gasteiger partial charge is 0.258 e. The molecule has 0 bridgehead atoms. The number of likely N-dealkylation sites (tertiary alicyclic amines) is 1. The molecule has 1 aliphatic carbocycles. The van der Waals surface area contributed by atoms with E-state index < -0.39 is 6.04 Å². The number of morpholine rings is 1. The van der Waals surface area contributed by atoms with Gasteiger partial charge >= 0.3 is 0 Å². The highest BCUT2D eigenvalue weighted by molar-refractivity contribution is 6.03. The van der Waals surface area contributed by atoms with Crippen LogP contribution in [0.25, 0.3) is 0 Å². The molecule has 5 rings (SSSR count). The Labute approximate surface area is 200 Å². The first-order valence-electron chi connectivity index (χ1n) is 12.2. The second kappa shape index (κ2) is 10.0. The van der Waals surface area contributed by atoms with Crippen LogP contribution in [0, 0.1) is 5.92 Å². The maximum atomic E-state index is 13.7. The van der Waals surface area contributed by atoms with Crippen LogP contribution < -0.4 is 15.0 Å². The molecule has 3 atom stereocenters. The lowest BCUT2D eigenvalue weighted by atomic mass is 9.84. The minimum atomic E-state index is -0.510. The molecular formula is C26H32N4O4. The molecular weight excluding hydrogens is 432 g/mol. The summed E-state index contributed by atoms with van der Waals surface area (Å²) < 4.78 is 10.9. The van der Waals surface area contributed by atoms with E-state index in [-0.39, 0.29) is 17.9 Å². The second-order valence-corrected chi connectivity index (χ2v) is 9.27. The van der Waals surface area contributed by atoms with Crippen molar-refractivity contribution < 1.29 is 19.1 Å². The molecule has 1 N–H and O–H groups in total. The van der Waals surface area contributed by atoms with Gasteiger partial charge in [0.15, 0.2) is 0 Å². The normalized spacial score (nSPS) is 24.4. The Kier molecular flexibility index (Phi) is 6.67. The Morgan fingerprint density at radius 1 is 1.09 bits per heavy atom. The number of nitrogens with zero attached hydrogens (tertiary/aromatic N) is 3. The molecule has 34 heavy (non-hydrogen) atoms. The van der Waals surface area contributed by atoms with Crippen LogP contribution in [0.4, 0.5) is 11.5 Å². The van der Waals surface area contributed by atoms with Crippen LogP contribution in [-0.4, -0.2) is 67.2 Å². The molecule has 0 spiro atoms. The number of carbonyl (C=O) groups is 2. The SMILES string of the molecule is COc1ccccc1C(=O)N1C(C(=O)Nc2ccc(N3CCOCC3)nc2)CC2CCCCC21. The maximum Gasteiger partial charge on any atom is 0.258 e. The number of aromatic nitrogens is 1. The lowest BCUT2D eigenvalue weighted by molar-refractivity contribution is -0.120. The number of benzene rings is 1. The van der Waals surface area contributed by atoms with Crippen LogP contribution >= 0.6 is 0 Å². The van der Waals surface area contributed by atoms with Crippen molar-refractivity contribution in [2.45, 2.75) is 44.2 Å². The van der Waals surface area contributed by atoms with Crippen LogP contribution in [0.3, 0.4) is 0 Å².